The molecule has 4 heteroatoms. The number of thioether (sulfide) groups is 1. The van der Waals surface area contributed by atoms with Crippen LogP contribution in [0, 0.1) is 0 Å². The summed E-state index contributed by atoms with van der Waals surface area (Å²) >= 11 is 1.76. The molecule has 0 aliphatic carbocycles. The van der Waals surface area contributed by atoms with Crippen molar-refractivity contribution in [3.63, 3.8) is 0 Å². The highest BCUT2D eigenvalue weighted by atomic mass is 32.2. The molecule has 1 rings (SSSR count). The zero-order valence-electron chi connectivity index (χ0n) is 9.56. The van der Waals surface area contributed by atoms with Crippen LogP contribution in [0.4, 0.5) is 0 Å². The van der Waals surface area contributed by atoms with Gasteiger partial charge in [-0.3, -0.25) is 4.79 Å². The van der Waals surface area contributed by atoms with Gasteiger partial charge in [-0.15, -0.1) is 0 Å². The van der Waals surface area contributed by atoms with Crippen molar-refractivity contribution in [1.82, 2.24) is 5.32 Å². The van der Waals surface area contributed by atoms with Gasteiger partial charge in [0.15, 0.2) is 0 Å². The van der Waals surface area contributed by atoms with Crippen LogP contribution in [-0.2, 0) is 0 Å². The fourth-order valence-electron chi connectivity index (χ4n) is 1.32. The third-order valence-corrected chi connectivity index (χ3v) is 2.88. The highest BCUT2D eigenvalue weighted by Crippen LogP contribution is 2.11. The van der Waals surface area contributed by atoms with Gasteiger partial charge in [-0.25, -0.2) is 0 Å². The highest BCUT2D eigenvalue weighted by Gasteiger charge is 2.09. The maximum absolute atomic E-state index is 11.7. The van der Waals surface area contributed by atoms with Crippen LogP contribution in [0.1, 0.15) is 23.7 Å². The number of benzene rings is 1. The van der Waals surface area contributed by atoms with Crippen LogP contribution in [-0.4, -0.2) is 29.1 Å². The first kappa shape index (κ1) is 12.9. The summed E-state index contributed by atoms with van der Waals surface area (Å²) in [5, 5.41) is 12.1. The molecule has 0 fully saturated rings. The third-order valence-electron chi connectivity index (χ3n) is 2.24. The van der Waals surface area contributed by atoms with Gasteiger partial charge >= 0.3 is 0 Å². The molecule has 0 aliphatic rings. The highest BCUT2D eigenvalue weighted by molar-refractivity contribution is 7.98. The van der Waals surface area contributed by atoms with Crippen molar-refractivity contribution in [1.29, 1.82) is 0 Å². The first-order chi connectivity index (χ1) is 7.63. The largest absolute Gasteiger partial charge is 0.508 e. The average Bonchev–Trinajstić information content (AvgIpc) is 2.26. The molecule has 0 bridgehead atoms. The Kier molecular flexibility index (Phi) is 5.19. The van der Waals surface area contributed by atoms with Gasteiger partial charge in [-0.2, -0.15) is 11.8 Å². The van der Waals surface area contributed by atoms with Gasteiger partial charge in [0.05, 0.1) is 0 Å². The lowest BCUT2D eigenvalue weighted by atomic mass is 10.2. The molecule has 0 saturated heterocycles. The lowest BCUT2D eigenvalue weighted by molar-refractivity contribution is 0.0939. The standard InChI is InChI=1S/C12H17NO2S/c1-9(6-7-16-2)13-12(15)10-4-3-5-11(14)8-10/h3-5,8-9,14H,6-7H2,1-2H3,(H,13,15). The van der Waals surface area contributed by atoms with Crippen LogP contribution in [0.15, 0.2) is 24.3 Å². The smallest absolute Gasteiger partial charge is 0.251 e. The molecule has 0 saturated carbocycles. The van der Waals surface area contributed by atoms with Crippen molar-refractivity contribution in [3.05, 3.63) is 29.8 Å². The molecule has 2 N–H and O–H groups in total. The molecule has 0 aliphatic heterocycles. The maximum atomic E-state index is 11.7. The SMILES string of the molecule is CSCCC(C)NC(=O)c1cccc(O)c1. The van der Waals surface area contributed by atoms with E-state index in [0.29, 0.717) is 5.56 Å². The summed E-state index contributed by atoms with van der Waals surface area (Å²) in [6.45, 7) is 1.98. The minimum Gasteiger partial charge on any atom is -0.508 e. The molecular weight excluding hydrogens is 222 g/mol. The zero-order valence-corrected chi connectivity index (χ0v) is 10.4. The van der Waals surface area contributed by atoms with Gasteiger partial charge in [0.2, 0.25) is 0 Å². The molecular formula is C12H17NO2S. The van der Waals surface area contributed by atoms with Crippen molar-refractivity contribution < 1.29 is 9.90 Å². The minimum atomic E-state index is -0.135. The lowest BCUT2D eigenvalue weighted by Crippen LogP contribution is -2.32. The van der Waals surface area contributed by atoms with Crippen LogP contribution in [0.5, 0.6) is 5.75 Å². The topological polar surface area (TPSA) is 49.3 Å². The van der Waals surface area contributed by atoms with Crippen molar-refractivity contribution in [2.24, 2.45) is 0 Å². The number of hydrogen-bond donors (Lipinski definition) is 2. The predicted octanol–water partition coefficient (Wildman–Crippen LogP) is 2.26. The fourth-order valence-corrected chi connectivity index (χ4v) is 1.91. The summed E-state index contributed by atoms with van der Waals surface area (Å²) in [7, 11) is 0. The van der Waals surface area contributed by atoms with E-state index in [1.165, 1.54) is 6.07 Å². The van der Waals surface area contributed by atoms with E-state index in [1.807, 2.05) is 13.2 Å². The summed E-state index contributed by atoms with van der Waals surface area (Å²) in [5.41, 5.74) is 0.496. The quantitative estimate of drug-likeness (QED) is 0.828. The van der Waals surface area contributed by atoms with Crippen molar-refractivity contribution in [2.75, 3.05) is 12.0 Å². The number of phenolic OH excluding ortho intramolecular Hbond substituents is 1. The summed E-state index contributed by atoms with van der Waals surface area (Å²) < 4.78 is 0. The number of nitrogens with one attached hydrogen (secondary N) is 1. The molecule has 1 aromatic carbocycles. The van der Waals surface area contributed by atoms with E-state index < -0.39 is 0 Å². The Bertz CT molecular complexity index is 355. The normalized spacial score (nSPS) is 12.1. The molecule has 1 aromatic rings. The second-order valence-electron chi connectivity index (χ2n) is 3.71. The van der Waals surface area contributed by atoms with E-state index >= 15 is 0 Å². The first-order valence-corrected chi connectivity index (χ1v) is 6.61. The maximum Gasteiger partial charge on any atom is 0.251 e. The van der Waals surface area contributed by atoms with Crippen LogP contribution in [0.3, 0.4) is 0 Å². The van der Waals surface area contributed by atoms with Crippen molar-refractivity contribution in [3.8, 4) is 5.75 Å². The van der Waals surface area contributed by atoms with Crippen LogP contribution in [0.25, 0.3) is 0 Å². The molecule has 0 radical (unpaired) electrons. The zero-order chi connectivity index (χ0) is 12.0. The van der Waals surface area contributed by atoms with E-state index in [-0.39, 0.29) is 17.7 Å². The van der Waals surface area contributed by atoms with Crippen molar-refractivity contribution in [2.45, 2.75) is 19.4 Å². The molecule has 88 valence electrons. The summed E-state index contributed by atoms with van der Waals surface area (Å²) in [5.74, 6) is 1.01. The van der Waals surface area contributed by atoms with E-state index in [2.05, 4.69) is 5.32 Å². The molecule has 1 unspecified atom stereocenters. The fraction of sp³-hybridized carbons (Fsp3) is 0.417. The van der Waals surface area contributed by atoms with Gasteiger partial charge in [0.25, 0.3) is 5.91 Å². The van der Waals surface area contributed by atoms with E-state index in [1.54, 1.807) is 30.0 Å². The summed E-state index contributed by atoms with van der Waals surface area (Å²) in [6, 6.07) is 6.53. The van der Waals surface area contributed by atoms with Crippen molar-refractivity contribution >= 4 is 17.7 Å². The van der Waals surface area contributed by atoms with Crippen LogP contribution < -0.4 is 5.32 Å². The monoisotopic (exact) mass is 239 g/mol. The Morgan fingerprint density at radius 1 is 1.56 bits per heavy atom. The van der Waals surface area contributed by atoms with Crippen LogP contribution >= 0.6 is 11.8 Å². The number of rotatable bonds is 5. The van der Waals surface area contributed by atoms with Gasteiger partial charge in [-0.05, 0) is 43.6 Å². The number of phenols is 1. The second-order valence-corrected chi connectivity index (χ2v) is 4.69. The molecule has 1 atom stereocenters. The van der Waals surface area contributed by atoms with Crippen LogP contribution in [0.2, 0.25) is 0 Å². The van der Waals surface area contributed by atoms with Gasteiger partial charge in [0, 0.05) is 11.6 Å². The Labute approximate surface area is 100 Å². The Morgan fingerprint density at radius 2 is 2.31 bits per heavy atom. The summed E-state index contributed by atoms with van der Waals surface area (Å²) in [4.78, 5) is 11.7. The Morgan fingerprint density at radius 3 is 2.94 bits per heavy atom. The number of hydrogen-bond acceptors (Lipinski definition) is 3. The average molecular weight is 239 g/mol. The first-order valence-electron chi connectivity index (χ1n) is 5.22. The number of aromatic hydroxyl groups is 1. The molecule has 0 aromatic heterocycles. The minimum absolute atomic E-state index is 0.115. The lowest BCUT2D eigenvalue weighted by Gasteiger charge is -2.13. The predicted molar refractivity (Wildman–Crippen MR) is 68.0 cm³/mol. The number of carbonyl (C=O) groups is 1. The molecule has 3 nitrogen and oxygen atoms in total. The Balaban J connectivity index is 2.52. The molecule has 0 spiro atoms. The van der Waals surface area contributed by atoms with E-state index in [9.17, 15) is 9.90 Å². The molecule has 0 heterocycles. The van der Waals surface area contributed by atoms with Gasteiger partial charge in [0.1, 0.15) is 5.75 Å². The molecule has 1 amide bonds. The third kappa shape index (κ3) is 4.14. The Hall–Kier alpha value is -1.16. The molecule has 16 heavy (non-hydrogen) atoms. The van der Waals surface area contributed by atoms with E-state index in [0.717, 1.165) is 12.2 Å². The van der Waals surface area contributed by atoms with Gasteiger partial charge in [-0.1, -0.05) is 6.07 Å². The number of amides is 1. The van der Waals surface area contributed by atoms with E-state index in [4.69, 9.17) is 0 Å². The summed E-state index contributed by atoms with van der Waals surface area (Å²) in [6.07, 6.45) is 3.00. The second kappa shape index (κ2) is 6.43. The number of carbonyl (C=O) groups excluding carboxylic acids is 1. The van der Waals surface area contributed by atoms with Gasteiger partial charge < -0.3 is 10.4 Å².